The second-order valence-electron chi connectivity index (χ2n) is 5.09. The molecular formula is C14H19F2NO. The minimum absolute atomic E-state index is 0.0751. The maximum absolute atomic E-state index is 13.7. The highest BCUT2D eigenvalue weighted by Gasteiger charge is 2.22. The van der Waals surface area contributed by atoms with Crippen LogP contribution in [-0.2, 0) is 6.54 Å². The van der Waals surface area contributed by atoms with Gasteiger partial charge in [0.2, 0.25) is 0 Å². The van der Waals surface area contributed by atoms with Crippen molar-refractivity contribution < 1.29 is 13.5 Å². The Morgan fingerprint density at radius 2 is 1.72 bits per heavy atom. The van der Waals surface area contributed by atoms with E-state index < -0.39 is 11.6 Å². The van der Waals surface area contributed by atoms with Crippen LogP contribution in [0.3, 0.4) is 0 Å². The van der Waals surface area contributed by atoms with E-state index >= 15 is 0 Å². The number of nitrogens with two attached hydrogens (primary N) is 1. The van der Waals surface area contributed by atoms with Crippen molar-refractivity contribution in [1.82, 2.24) is 0 Å². The minimum Gasteiger partial charge on any atom is -0.484 e. The monoisotopic (exact) mass is 255 g/mol. The van der Waals surface area contributed by atoms with Gasteiger partial charge >= 0.3 is 0 Å². The SMILES string of the molecule is CC1CCC(Oc2c(F)cc(CN)cc2F)CC1. The van der Waals surface area contributed by atoms with E-state index in [1.165, 1.54) is 12.1 Å². The molecule has 2 nitrogen and oxygen atoms in total. The van der Waals surface area contributed by atoms with Crippen molar-refractivity contribution >= 4 is 0 Å². The Labute approximate surface area is 106 Å². The average Bonchev–Trinajstić information content (AvgIpc) is 2.35. The van der Waals surface area contributed by atoms with Crippen LogP contribution in [0.25, 0.3) is 0 Å². The molecule has 0 atom stereocenters. The Morgan fingerprint density at radius 3 is 2.22 bits per heavy atom. The van der Waals surface area contributed by atoms with E-state index in [4.69, 9.17) is 10.5 Å². The normalized spacial score (nSPS) is 24.0. The van der Waals surface area contributed by atoms with Crippen molar-refractivity contribution in [2.45, 2.75) is 45.3 Å². The molecule has 2 N–H and O–H groups in total. The van der Waals surface area contributed by atoms with Crippen molar-refractivity contribution in [2.24, 2.45) is 11.7 Å². The van der Waals surface area contributed by atoms with E-state index in [1.807, 2.05) is 0 Å². The fourth-order valence-electron chi connectivity index (χ4n) is 2.36. The smallest absolute Gasteiger partial charge is 0.191 e. The summed E-state index contributed by atoms with van der Waals surface area (Å²) in [6.07, 6.45) is 3.75. The Kier molecular flexibility index (Phi) is 4.17. The van der Waals surface area contributed by atoms with E-state index in [2.05, 4.69) is 6.92 Å². The summed E-state index contributed by atoms with van der Waals surface area (Å²) in [6, 6.07) is 2.48. The first-order valence-electron chi connectivity index (χ1n) is 6.44. The fourth-order valence-corrected chi connectivity index (χ4v) is 2.36. The summed E-state index contributed by atoms with van der Waals surface area (Å²) < 4.78 is 32.9. The molecular weight excluding hydrogens is 236 g/mol. The van der Waals surface area contributed by atoms with Crippen molar-refractivity contribution in [2.75, 3.05) is 0 Å². The number of halogens is 2. The van der Waals surface area contributed by atoms with E-state index in [0.29, 0.717) is 11.5 Å². The summed E-state index contributed by atoms with van der Waals surface area (Å²) in [5.74, 6) is -0.894. The molecule has 0 spiro atoms. The maximum Gasteiger partial charge on any atom is 0.191 e. The highest BCUT2D eigenvalue weighted by atomic mass is 19.1. The van der Waals surface area contributed by atoms with Crippen LogP contribution in [0.2, 0.25) is 0 Å². The van der Waals surface area contributed by atoms with Gasteiger partial charge in [0.05, 0.1) is 6.10 Å². The van der Waals surface area contributed by atoms with Crippen LogP contribution < -0.4 is 10.5 Å². The standard InChI is InChI=1S/C14H19F2NO/c1-9-2-4-11(5-3-9)18-14-12(15)6-10(8-17)7-13(14)16/h6-7,9,11H,2-5,8,17H2,1H3. The molecule has 0 bridgehead atoms. The number of benzene rings is 1. The lowest BCUT2D eigenvalue weighted by Gasteiger charge is -2.27. The van der Waals surface area contributed by atoms with E-state index in [-0.39, 0.29) is 18.4 Å². The number of hydrogen-bond donors (Lipinski definition) is 1. The van der Waals surface area contributed by atoms with Crippen molar-refractivity contribution in [3.8, 4) is 5.75 Å². The van der Waals surface area contributed by atoms with Crippen LogP contribution in [0.15, 0.2) is 12.1 Å². The molecule has 1 fully saturated rings. The quantitative estimate of drug-likeness (QED) is 0.898. The Morgan fingerprint density at radius 1 is 1.17 bits per heavy atom. The highest BCUT2D eigenvalue weighted by Crippen LogP contribution is 2.30. The molecule has 0 amide bonds. The second-order valence-corrected chi connectivity index (χ2v) is 5.09. The Balaban J connectivity index is 2.09. The summed E-state index contributed by atoms with van der Waals surface area (Å²) in [5.41, 5.74) is 5.80. The zero-order valence-electron chi connectivity index (χ0n) is 10.6. The molecule has 0 saturated heterocycles. The van der Waals surface area contributed by atoms with Gasteiger partial charge in [-0.25, -0.2) is 8.78 Å². The third-order valence-electron chi connectivity index (χ3n) is 3.54. The molecule has 2 rings (SSSR count). The van der Waals surface area contributed by atoms with Gasteiger partial charge in [-0.05, 0) is 49.3 Å². The molecule has 1 saturated carbocycles. The van der Waals surface area contributed by atoms with E-state index in [1.54, 1.807) is 0 Å². The molecule has 1 aromatic rings. The lowest BCUT2D eigenvalue weighted by molar-refractivity contribution is 0.124. The van der Waals surface area contributed by atoms with Gasteiger partial charge in [-0.2, -0.15) is 0 Å². The zero-order chi connectivity index (χ0) is 13.1. The van der Waals surface area contributed by atoms with Gasteiger partial charge in [-0.1, -0.05) is 6.92 Å². The van der Waals surface area contributed by atoms with Crippen LogP contribution >= 0.6 is 0 Å². The third-order valence-corrected chi connectivity index (χ3v) is 3.54. The van der Waals surface area contributed by atoms with Gasteiger partial charge in [0.15, 0.2) is 17.4 Å². The summed E-state index contributed by atoms with van der Waals surface area (Å²) in [6.45, 7) is 2.31. The van der Waals surface area contributed by atoms with Crippen molar-refractivity contribution in [3.05, 3.63) is 29.3 Å². The van der Waals surface area contributed by atoms with Gasteiger partial charge in [-0.15, -0.1) is 0 Å². The minimum atomic E-state index is -0.658. The molecule has 18 heavy (non-hydrogen) atoms. The molecule has 0 radical (unpaired) electrons. The van der Waals surface area contributed by atoms with Crippen LogP contribution in [0.5, 0.6) is 5.75 Å². The molecule has 100 valence electrons. The summed E-state index contributed by atoms with van der Waals surface area (Å²) in [5, 5.41) is 0. The van der Waals surface area contributed by atoms with Crippen LogP contribution in [0, 0.1) is 17.6 Å². The molecule has 0 aromatic heterocycles. The summed E-state index contributed by atoms with van der Waals surface area (Å²) >= 11 is 0. The number of rotatable bonds is 3. The Hall–Kier alpha value is -1.16. The largest absolute Gasteiger partial charge is 0.484 e. The summed E-state index contributed by atoms with van der Waals surface area (Å²) in [4.78, 5) is 0. The molecule has 0 unspecified atom stereocenters. The predicted octanol–water partition coefficient (Wildman–Crippen LogP) is 3.38. The third kappa shape index (κ3) is 2.99. The average molecular weight is 255 g/mol. The van der Waals surface area contributed by atoms with Gasteiger partial charge < -0.3 is 10.5 Å². The molecule has 1 aromatic carbocycles. The Bertz CT molecular complexity index is 391. The first kappa shape index (κ1) is 13.3. The van der Waals surface area contributed by atoms with Crippen molar-refractivity contribution in [1.29, 1.82) is 0 Å². The summed E-state index contributed by atoms with van der Waals surface area (Å²) in [7, 11) is 0. The van der Waals surface area contributed by atoms with Crippen LogP contribution in [0.1, 0.15) is 38.2 Å². The van der Waals surface area contributed by atoms with Gasteiger partial charge in [0.1, 0.15) is 0 Å². The lowest BCUT2D eigenvalue weighted by Crippen LogP contribution is -2.24. The highest BCUT2D eigenvalue weighted by molar-refractivity contribution is 5.31. The molecule has 0 aliphatic heterocycles. The molecule has 1 aliphatic rings. The fraction of sp³-hybridized carbons (Fsp3) is 0.571. The molecule has 4 heteroatoms. The predicted molar refractivity (Wildman–Crippen MR) is 66.3 cm³/mol. The first-order valence-corrected chi connectivity index (χ1v) is 6.44. The van der Waals surface area contributed by atoms with Gasteiger partial charge in [-0.3, -0.25) is 0 Å². The van der Waals surface area contributed by atoms with E-state index in [0.717, 1.165) is 25.7 Å². The maximum atomic E-state index is 13.7. The molecule has 0 heterocycles. The number of hydrogen-bond acceptors (Lipinski definition) is 2. The van der Waals surface area contributed by atoms with Crippen molar-refractivity contribution in [3.63, 3.8) is 0 Å². The van der Waals surface area contributed by atoms with Gasteiger partial charge in [0.25, 0.3) is 0 Å². The van der Waals surface area contributed by atoms with Crippen LogP contribution in [-0.4, -0.2) is 6.10 Å². The number of ether oxygens (including phenoxy) is 1. The second kappa shape index (κ2) is 5.65. The zero-order valence-corrected chi connectivity index (χ0v) is 10.6. The van der Waals surface area contributed by atoms with Crippen LogP contribution in [0.4, 0.5) is 8.78 Å². The molecule has 1 aliphatic carbocycles. The topological polar surface area (TPSA) is 35.2 Å². The first-order chi connectivity index (χ1) is 8.60. The van der Waals surface area contributed by atoms with Gasteiger partial charge in [0, 0.05) is 6.54 Å². The van der Waals surface area contributed by atoms with E-state index in [9.17, 15) is 8.78 Å². The lowest BCUT2D eigenvalue weighted by atomic mass is 9.89.